The number of fused-ring (bicyclic) bond motifs is 1. The van der Waals surface area contributed by atoms with E-state index < -0.39 is 0 Å². The van der Waals surface area contributed by atoms with Gasteiger partial charge in [0, 0.05) is 0 Å². The Balaban J connectivity index is 0.000000212. The molecule has 0 aromatic rings. The lowest BCUT2D eigenvalue weighted by atomic mass is 9.71. The summed E-state index contributed by atoms with van der Waals surface area (Å²) in [5.41, 5.74) is 0. The average Bonchev–Trinajstić information content (AvgIpc) is 3.12. The van der Waals surface area contributed by atoms with Crippen LogP contribution in [0.1, 0.15) is 120 Å². The first-order valence-corrected chi connectivity index (χ1v) is 13.6. The third kappa shape index (κ3) is 7.00. The van der Waals surface area contributed by atoms with Crippen molar-refractivity contribution in [2.45, 2.75) is 120 Å². The quantitative estimate of drug-likeness (QED) is 0.413. The fourth-order valence-electron chi connectivity index (χ4n) is 7.71. The monoisotopic (exact) mass is 404 g/mol. The normalized spacial score (nSPS) is 40.7. The highest BCUT2D eigenvalue weighted by atomic mass is 14.5. The SMILES string of the molecule is CC(C)CCC1CCC2CC(C)C(C)C2C1.CCC(C(C)C)C1CC(C)CC1C. The molecule has 3 rings (SSSR count). The molecule has 0 bridgehead atoms. The maximum Gasteiger partial charge on any atom is -0.0355 e. The second kappa shape index (κ2) is 11.6. The van der Waals surface area contributed by atoms with Crippen LogP contribution < -0.4 is 0 Å². The Kier molecular flexibility index (Phi) is 10.1. The van der Waals surface area contributed by atoms with Crippen LogP contribution in [0.5, 0.6) is 0 Å². The molecule has 3 fully saturated rings. The molecule has 0 N–H and O–H groups in total. The van der Waals surface area contributed by atoms with E-state index in [4.69, 9.17) is 0 Å². The van der Waals surface area contributed by atoms with Gasteiger partial charge in [-0.25, -0.2) is 0 Å². The Bertz CT molecular complexity index is 449. The fraction of sp³-hybridized carbons (Fsp3) is 1.00. The van der Waals surface area contributed by atoms with Gasteiger partial charge in [-0.3, -0.25) is 0 Å². The van der Waals surface area contributed by atoms with Crippen LogP contribution >= 0.6 is 0 Å². The largest absolute Gasteiger partial charge is 0.0651 e. The molecule has 3 saturated carbocycles. The molecular weight excluding hydrogens is 348 g/mol. The molecular formula is C29H56. The molecule has 0 saturated heterocycles. The summed E-state index contributed by atoms with van der Waals surface area (Å²) in [6.07, 6.45) is 13.4. The molecule has 0 radical (unpaired) electrons. The van der Waals surface area contributed by atoms with Gasteiger partial charge in [0.1, 0.15) is 0 Å². The van der Waals surface area contributed by atoms with Crippen LogP contribution in [0.15, 0.2) is 0 Å². The minimum absolute atomic E-state index is 0.878. The second-order valence-corrected chi connectivity index (χ2v) is 12.7. The summed E-state index contributed by atoms with van der Waals surface area (Å²) in [5, 5.41) is 0. The number of hydrogen-bond acceptors (Lipinski definition) is 0. The summed E-state index contributed by atoms with van der Waals surface area (Å²) in [7, 11) is 0. The molecule has 0 spiro atoms. The van der Waals surface area contributed by atoms with Crippen molar-refractivity contribution in [1.82, 2.24) is 0 Å². The van der Waals surface area contributed by atoms with E-state index in [1.165, 1.54) is 44.9 Å². The summed E-state index contributed by atoms with van der Waals surface area (Å²) in [4.78, 5) is 0. The van der Waals surface area contributed by atoms with Crippen LogP contribution in [0.2, 0.25) is 0 Å². The Hall–Kier alpha value is 0. The Morgan fingerprint density at radius 2 is 1.48 bits per heavy atom. The molecule has 0 nitrogen and oxygen atoms in total. The molecule has 172 valence electrons. The molecule has 0 aliphatic heterocycles. The topological polar surface area (TPSA) is 0 Å². The van der Waals surface area contributed by atoms with Gasteiger partial charge in [-0.05, 0) is 97.2 Å². The van der Waals surface area contributed by atoms with E-state index >= 15 is 0 Å². The van der Waals surface area contributed by atoms with E-state index in [1.54, 1.807) is 12.8 Å². The number of hydrogen-bond donors (Lipinski definition) is 0. The van der Waals surface area contributed by atoms with Gasteiger partial charge in [0.2, 0.25) is 0 Å². The minimum atomic E-state index is 0.878. The van der Waals surface area contributed by atoms with E-state index in [2.05, 4.69) is 62.3 Å². The van der Waals surface area contributed by atoms with E-state index in [1.807, 2.05) is 0 Å². The van der Waals surface area contributed by atoms with E-state index in [0.29, 0.717) is 0 Å². The predicted octanol–water partition coefficient (Wildman–Crippen LogP) is 9.48. The van der Waals surface area contributed by atoms with E-state index in [9.17, 15) is 0 Å². The molecule has 9 atom stereocenters. The van der Waals surface area contributed by atoms with Crippen molar-refractivity contribution < 1.29 is 0 Å². The van der Waals surface area contributed by atoms with Gasteiger partial charge >= 0.3 is 0 Å². The Morgan fingerprint density at radius 1 is 0.793 bits per heavy atom. The molecule has 29 heavy (non-hydrogen) atoms. The van der Waals surface area contributed by atoms with Gasteiger partial charge in [0.25, 0.3) is 0 Å². The first kappa shape index (κ1) is 25.3. The van der Waals surface area contributed by atoms with Crippen molar-refractivity contribution in [3.63, 3.8) is 0 Å². The van der Waals surface area contributed by atoms with Crippen molar-refractivity contribution in [2.75, 3.05) is 0 Å². The van der Waals surface area contributed by atoms with Crippen LogP contribution in [0.4, 0.5) is 0 Å². The van der Waals surface area contributed by atoms with Crippen molar-refractivity contribution in [1.29, 1.82) is 0 Å². The summed E-state index contributed by atoms with van der Waals surface area (Å²) >= 11 is 0. The zero-order valence-corrected chi connectivity index (χ0v) is 21.7. The molecule has 3 aliphatic rings. The van der Waals surface area contributed by atoms with Crippen LogP contribution in [0, 0.1) is 65.1 Å². The maximum absolute atomic E-state index is 2.51. The fourth-order valence-corrected chi connectivity index (χ4v) is 7.71. The van der Waals surface area contributed by atoms with Crippen LogP contribution in [-0.4, -0.2) is 0 Å². The van der Waals surface area contributed by atoms with E-state index in [0.717, 1.165) is 65.1 Å². The summed E-state index contributed by atoms with van der Waals surface area (Å²) in [6, 6.07) is 0. The Labute approximate surface area is 185 Å². The summed E-state index contributed by atoms with van der Waals surface area (Å²) < 4.78 is 0. The molecule has 9 unspecified atom stereocenters. The molecule has 3 aliphatic carbocycles. The van der Waals surface area contributed by atoms with Crippen molar-refractivity contribution in [3.05, 3.63) is 0 Å². The third-order valence-corrected chi connectivity index (χ3v) is 9.61. The van der Waals surface area contributed by atoms with Crippen molar-refractivity contribution >= 4 is 0 Å². The first-order valence-electron chi connectivity index (χ1n) is 13.6. The van der Waals surface area contributed by atoms with E-state index in [-0.39, 0.29) is 0 Å². The lowest BCUT2D eigenvalue weighted by Gasteiger charge is -2.34. The maximum atomic E-state index is 2.51. The highest BCUT2D eigenvalue weighted by Gasteiger charge is 2.41. The Morgan fingerprint density at radius 3 is 2.00 bits per heavy atom. The minimum Gasteiger partial charge on any atom is -0.0651 e. The third-order valence-electron chi connectivity index (χ3n) is 9.61. The van der Waals surface area contributed by atoms with Gasteiger partial charge in [0.15, 0.2) is 0 Å². The first-order chi connectivity index (χ1) is 13.6. The highest BCUT2D eigenvalue weighted by molar-refractivity contribution is 4.91. The van der Waals surface area contributed by atoms with Gasteiger partial charge < -0.3 is 0 Å². The lowest BCUT2D eigenvalue weighted by Crippen LogP contribution is -2.24. The predicted molar refractivity (Wildman–Crippen MR) is 131 cm³/mol. The highest BCUT2D eigenvalue weighted by Crippen LogP contribution is 2.51. The summed E-state index contributed by atoms with van der Waals surface area (Å²) in [5.74, 6) is 11.0. The van der Waals surface area contributed by atoms with Gasteiger partial charge in [0.05, 0.1) is 0 Å². The average molecular weight is 405 g/mol. The standard InChI is InChI=1S/C16H30.C13H26/c1-11(2)5-6-14-7-8-15-9-12(3)13(4)16(15)10-14;1-6-12(9(2)3)13-8-10(4)7-11(13)5/h11-16H,5-10H2,1-4H3;9-13H,6-8H2,1-5H3. The van der Waals surface area contributed by atoms with Gasteiger partial charge in [-0.2, -0.15) is 0 Å². The molecule has 0 heteroatoms. The summed E-state index contributed by atoms with van der Waals surface area (Å²) in [6.45, 7) is 21.8. The zero-order valence-electron chi connectivity index (χ0n) is 21.7. The molecule has 0 amide bonds. The van der Waals surface area contributed by atoms with Crippen molar-refractivity contribution in [3.8, 4) is 0 Å². The molecule has 0 aromatic carbocycles. The van der Waals surface area contributed by atoms with Crippen LogP contribution in [0.25, 0.3) is 0 Å². The zero-order chi connectivity index (χ0) is 21.7. The van der Waals surface area contributed by atoms with Gasteiger partial charge in [-0.1, -0.05) is 88.0 Å². The van der Waals surface area contributed by atoms with Crippen LogP contribution in [0.3, 0.4) is 0 Å². The molecule has 0 aromatic heterocycles. The van der Waals surface area contributed by atoms with Crippen molar-refractivity contribution in [2.24, 2.45) is 65.1 Å². The molecule has 0 heterocycles. The number of rotatable bonds is 6. The smallest absolute Gasteiger partial charge is 0.0355 e. The van der Waals surface area contributed by atoms with Crippen LogP contribution in [-0.2, 0) is 0 Å². The van der Waals surface area contributed by atoms with Gasteiger partial charge in [-0.15, -0.1) is 0 Å². The second-order valence-electron chi connectivity index (χ2n) is 12.7. The lowest BCUT2D eigenvalue weighted by molar-refractivity contribution is 0.165.